The molecule has 116 valence electrons. The number of Topliss-reactive ketones (excluding diaryl/α,β-unsaturated/α-hetero) is 1. The minimum atomic E-state index is 0.0185. The Morgan fingerprint density at radius 1 is 1.43 bits per heavy atom. The molecule has 7 heteroatoms. The molecule has 0 spiro atoms. The number of hydrogen-bond donors (Lipinski definition) is 1. The molecule has 0 radical (unpaired) electrons. The van der Waals surface area contributed by atoms with Crippen LogP contribution in [0.1, 0.15) is 43.8 Å². The van der Waals surface area contributed by atoms with Gasteiger partial charge in [0.25, 0.3) is 0 Å². The Kier molecular flexibility index (Phi) is 3.30. The molecule has 1 saturated carbocycles. The maximum absolute atomic E-state index is 11.7. The quantitative estimate of drug-likeness (QED) is 0.797. The zero-order valence-electron chi connectivity index (χ0n) is 12.6. The van der Waals surface area contributed by atoms with Gasteiger partial charge in [0.2, 0.25) is 0 Å². The molecule has 0 aromatic carbocycles. The van der Waals surface area contributed by atoms with Crippen LogP contribution in [0.5, 0.6) is 0 Å². The van der Waals surface area contributed by atoms with Crippen molar-refractivity contribution in [1.82, 2.24) is 24.6 Å². The Bertz CT molecular complexity index is 918. The number of nitrogens with one attached hydrogen (secondary N) is 1. The van der Waals surface area contributed by atoms with Gasteiger partial charge in [-0.15, -0.1) is 10.2 Å². The van der Waals surface area contributed by atoms with E-state index in [2.05, 4.69) is 24.6 Å². The lowest BCUT2D eigenvalue weighted by molar-refractivity contribution is -0.119. The van der Waals surface area contributed by atoms with Gasteiger partial charge in [0.15, 0.2) is 11.3 Å². The number of nitrogens with zero attached hydrogens (tertiary/aromatic N) is 5. The molecular formula is C16H16N6O. The molecule has 1 fully saturated rings. The minimum Gasteiger partial charge on any atom is -0.345 e. The second-order valence-corrected chi connectivity index (χ2v) is 6.18. The molecule has 3 aromatic heterocycles. The zero-order valence-corrected chi connectivity index (χ0v) is 12.6. The number of nitriles is 1. The summed E-state index contributed by atoms with van der Waals surface area (Å²) in [6.07, 6.45) is 7.02. The summed E-state index contributed by atoms with van der Waals surface area (Å²) in [4.78, 5) is 19.1. The molecule has 3 heterocycles. The van der Waals surface area contributed by atoms with Crippen LogP contribution in [-0.2, 0) is 4.79 Å². The predicted octanol–water partition coefficient (Wildman–Crippen LogP) is 2.36. The van der Waals surface area contributed by atoms with Crippen LogP contribution in [0.4, 0.5) is 0 Å². The standard InChI is InChI=1S/C16H16N6O/c17-5-3-12(23)8-10-1-2-11(7-10)16-21-20-14-9-19-15-13(22(14)16)4-6-18-15/h4,6,9-11,18H,1-3,7-8H2/t10-,11+/m1/s1. The number of carbonyl (C=O) groups excluding carboxylic acids is 1. The average molecular weight is 308 g/mol. The molecule has 0 saturated heterocycles. The maximum atomic E-state index is 11.7. The summed E-state index contributed by atoms with van der Waals surface area (Å²) in [6, 6.07) is 3.91. The first-order chi connectivity index (χ1) is 11.3. The van der Waals surface area contributed by atoms with Crippen LogP contribution >= 0.6 is 0 Å². The van der Waals surface area contributed by atoms with Gasteiger partial charge < -0.3 is 4.98 Å². The summed E-state index contributed by atoms with van der Waals surface area (Å²) in [5, 5.41) is 17.2. The lowest BCUT2D eigenvalue weighted by Crippen LogP contribution is -2.06. The van der Waals surface area contributed by atoms with Crippen LogP contribution in [0.15, 0.2) is 18.5 Å². The first-order valence-electron chi connectivity index (χ1n) is 7.82. The fourth-order valence-electron chi connectivity index (χ4n) is 3.64. The normalized spacial score (nSPS) is 21.0. The van der Waals surface area contributed by atoms with Crippen molar-refractivity contribution >= 4 is 22.6 Å². The Labute approximate surface area is 132 Å². The van der Waals surface area contributed by atoms with E-state index in [-0.39, 0.29) is 12.2 Å². The van der Waals surface area contributed by atoms with Crippen molar-refractivity contribution in [2.75, 3.05) is 0 Å². The van der Waals surface area contributed by atoms with Gasteiger partial charge in [-0.05, 0) is 31.2 Å². The number of aromatic amines is 1. The van der Waals surface area contributed by atoms with Gasteiger partial charge in [0, 0.05) is 18.5 Å². The summed E-state index contributed by atoms with van der Waals surface area (Å²) in [5.41, 5.74) is 2.54. The minimum absolute atomic E-state index is 0.0185. The third kappa shape index (κ3) is 2.36. The summed E-state index contributed by atoms with van der Waals surface area (Å²) >= 11 is 0. The van der Waals surface area contributed by atoms with Crippen molar-refractivity contribution in [3.8, 4) is 6.07 Å². The molecule has 1 aliphatic rings. The summed E-state index contributed by atoms with van der Waals surface area (Å²) < 4.78 is 2.06. The summed E-state index contributed by atoms with van der Waals surface area (Å²) in [7, 11) is 0. The van der Waals surface area contributed by atoms with Crippen LogP contribution < -0.4 is 0 Å². The van der Waals surface area contributed by atoms with E-state index < -0.39 is 0 Å². The summed E-state index contributed by atoms with van der Waals surface area (Å²) in [6.45, 7) is 0. The number of carbonyl (C=O) groups is 1. The molecule has 0 aliphatic heterocycles. The topological polar surface area (TPSA) is 99.7 Å². The molecule has 2 atom stereocenters. The van der Waals surface area contributed by atoms with Crippen LogP contribution in [0.3, 0.4) is 0 Å². The van der Waals surface area contributed by atoms with Crippen LogP contribution in [0.2, 0.25) is 0 Å². The Balaban J connectivity index is 1.62. The van der Waals surface area contributed by atoms with Crippen molar-refractivity contribution in [3.05, 3.63) is 24.3 Å². The average Bonchev–Trinajstić information content (AvgIpc) is 3.24. The van der Waals surface area contributed by atoms with Crippen LogP contribution in [0.25, 0.3) is 16.8 Å². The Hall–Kier alpha value is -2.75. The number of rotatable bonds is 4. The molecule has 23 heavy (non-hydrogen) atoms. The first kappa shape index (κ1) is 13.9. The van der Waals surface area contributed by atoms with E-state index in [1.807, 2.05) is 18.3 Å². The highest BCUT2D eigenvalue weighted by Gasteiger charge is 2.30. The summed E-state index contributed by atoms with van der Waals surface area (Å²) in [5.74, 6) is 1.63. The van der Waals surface area contributed by atoms with Gasteiger partial charge in [-0.1, -0.05) is 0 Å². The van der Waals surface area contributed by atoms with Crippen molar-refractivity contribution in [2.24, 2.45) is 5.92 Å². The maximum Gasteiger partial charge on any atom is 0.179 e. The van der Waals surface area contributed by atoms with E-state index in [4.69, 9.17) is 5.26 Å². The third-order valence-electron chi connectivity index (χ3n) is 4.67. The number of ketones is 1. The smallest absolute Gasteiger partial charge is 0.179 e. The predicted molar refractivity (Wildman–Crippen MR) is 82.6 cm³/mol. The van der Waals surface area contributed by atoms with Gasteiger partial charge >= 0.3 is 0 Å². The highest BCUT2D eigenvalue weighted by molar-refractivity contribution is 5.80. The fourth-order valence-corrected chi connectivity index (χ4v) is 3.64. The molecule has 3 aromatic rings. The largest absolute Gasteiger partial charge is 0.345 e. The molecule has 0 amide bonds. The Morgan fingerprint density at radius 2 is 2.35 bits per heavy atom. The van der Waals surface area contributed by atoms with Crippen LogP contribution in [-0.4, -0.2) is 30.3 Å². The SMILES string of the molecule is N#CCC(=O)C[C@@H]1CC[C@H](c2nnc3cnc4[nH]ccc4n23)C1. The molecule has 1 aliphatic carbocycles. The molecule has 0 bridgehead atoms. The first-order valence-corrected chi connectivity index (χ1v) is 7.82. The van der Waals surface area contributed by atoms with Gasteiger partial charge in [0.1, 0.15) is 11.6 Å². The van der Waals surface area contributed by atoms with E-state index in [1.54, 1.807) is 6.20 Å². The van der Waals surface area contributed by atoms with Crippen LogP contribution in [0, 0.1) is 17.2 Å². The van der Waals surface area contributed by atoms with E-state index in [0.717, 1.165) is 41.9 Å². The van der Waals surface area contributed by atoms with Crippen molar-refractivity contribution in [1.29, 1.82) is 5.26 Å². The molecule has 1 N–H and O–H groups in total. The number of aromatic nitrogens is 5. The number of hydrogen-bond acceptors (Lipinski definition) is 5. The van der Waals surface area contributed by atoms with Crippen molar-refractivity contribution in [3.63, 3.8) is 0 Å². The van der Waals surface area contributed by atoms with E-state index in [9.17, 15) is 4.79 Å². The van der Waals surface area contributed by atoms with E-state index >= 15 is 0 Å². The fraction of sp³-hybridized carbons (Fsp3) is 0.438. The van der Waals surface area contributed by atoms with Crippen molar-refractivity contribution < 1.29 is 4.79 Å². The molecule has 4 rings (SSSR count). The second kappa shape index (κ2) is 5.47. The molecular weight excluding hydrogens is 292 g/mol. The number of H-pyrrole nitrogens is 1. The highest BCUT2D eigenvalue weighted by atomic mass is 16.1. The lowest BCUT2D eigenvalue weighted by atomic mass is 9.98. The zero-order chi connectivity index (χ0) is 15.8. The van der Waals surface area contributed by atoms with E-state index in [0.29, 0.717) is 18.3 Å². The van der Waals surface area contributed by atoms with Gasteiger partial charge in [-0.25, -0.2) is 4.98 Å². The Morgan fingerprint density at radius 3 is 3.22 bits per heavy atom. The van der Waals surface area contributed by atoms with Gasteiger partial charge in [-0.2, -0.15) is 5.26 Å². The van der Waals surface area contributed by atoms with Crippen molar-refractivity contribution in [2.45, 2.75) is 38.0 Å². The molecule has 0 unspecified atom stereocenters. The van der Waals surface area contributed by atoms with E-state index in [1.165, 1.54) is 0 Å². The highest BCUT2D eigenvalue weighted by Crippen LogP contribution is 2.39. The lowest BCUT2D eigenvalue weighted by Gasteiger charge is -2.09. The van der Waals surface area contributed by atoms with Gasteiger partial charge in [0.05, 0.1) is 24.2 Å². The molecule has 7 nitrogen and oxygen atoms in total. The number of fused-ring (bicyclic) bond motifs is 3. The second-order valence-electron chi connectivity index (χ2n) is 6.18. The van der Waals surface area contributed by atoms with Gasteiger partial charge in [-0.3, -0.25) is 9.20 Å². The monoisotopic (exact) mass is 308 g/mol. The third-order valence-corrected chi connectivity index (χ3v) is 4.67.